The van der Waals surface area contributed by atoms with Crippen LogP contribution in [0.25, 0.3) is 0 Å². The Morgan fingerprint density at radius 1 is 1.29 bits per heavy atom. The normalized spacial score (nSPS) is 10.9. The van der Waals surface area contributed by atoms with E-state index in [1.165, 1.54) is 6.21 Å². The highest BCUT2D eigenvalue weighted by Gasteiger charge is 2.27. The maximum atomic E-state index is 11.8. The lowest BCUT2D eigenvalue weighted by Gasteiger charge is -2.10. The molecule has 0 aliphatic rings. The summed E-state index contributed by atoms with van der Waals surface area (Å²) in [7, 11) is 0. The van der Waals surface area contributed by atoms with Gasteiger partial charge in [0.25, 0.3) is 0 Å². The van der Waals surface area contributed by atoms with Crippen molar-refractivity contribution in [3.8, 4) is 0 Å². The van der Waals surface area contributed by atoms with Gasteiger partial charge in [0.15, 0.2) is 5.92 Å². The number of carbonyl (C=O) groups excluding carboxylic acids is 2. The molecular formula is C14H17ClN2O4. The molecule has 1 heterocycles. The third kappa shape index (κ3) is 5.15. The Hall–Kier alpha value is -1.95. The summed E-state index contributed by atoms with van der Waals surface area (Å²) in [4.78, 5) is 31.7. The van der Waals surface area contributed by atoms with Gasteiger partial charge in [-0.15, -0.1) is 0 Å². The molecule has 1 rings (SSSR count). The van der Waals surface area contributed by atoms with E-state index in [0.29, 0.717) is 16.5 Å². The van der Waals surface area contributed by atoms with E-state index in [-0.39, 0.29) is 13.2 Å². The van der Waals surface area contributed by atoms with Crippen molar-refractivity contribution < 1.29 is 19.1 Å². The van der Waals surface area contributed by atoms with E-state index >= 15 is 0 Å². The Morgan fingerprint density at radius 3 is 2.33 bits per heavy atom. The quantitative estimate of drug-likeness (QED) is 0.349. The van der Waals surface area contributed by atoms with Gasteiger partial charge in [0.2, 0.25) is 0 Å². The Balaban J connectivity index is 2.96. The van der Waals surface area contributed by atoms with Gasteiger partial charge >= 0.3 is 11.9 Å². The summed E-state index contributed by atoms with van der Waals surface area (Å²) >= 11 is 5.75. The fraction of sp³-hybridized carbons (Fsp3) is 0.429. The van der Waals surface area contributed by atoms with Crippen LogP contribution in [-0.4, -0.2) is 36.4 Å². The van der Waals surface area contributed by atoms with E-state index in [0.717, 1.165) is 0 Å². The van der Waals surface area contributed by atoms with Gasteiger partial charge in [-0.05, 0) is 32.9 Å². The van der Waals surface area contributed by atoms with Crippen molar-refractivity contribution in [1.29, 1.82) is 0 Å². The summed E-state index contributed by atoms with van der Waals surface area (Å²) in [5.41, 5.74) is 1.10. The number of halogens is 1. The van der Waals surface area contributed by atoms with Crippen molar-refractivity contribution in [2.24, 2.45) is 10.9 Å². The van der Waals surface area contributed by atoms with Crippen molar-refractivity contribution in [2.45, 2.75) is 20.8 Å². The number of rotatable bonds is 6. The third-order valence-corrected chi connectivity index (χ3v) is 2.68. The Labute approximate surface area is 128 Å². The van der Waals surface area contributed by atoms with Gasteiger partial charge < -0.3 is 9.47 Å². The van der Waals surface area contributed by atoms with Crippen molar-refractivity contribution in [3.63, 3.8) is 0 Å². The second-order valence-electron chi connectivity index (χ2n) is 4.00. The third-order valence-electron chi connectivity index (χ3n) is 2.47. The molecule has 0 aliphatic carbocycles. The molecule has 0 amide bonds. The Bertz CT molecular complexity index is 528. The number of aliphatic imine (C=N–C) groups is 1. The zero-order chi connectivity index (χ0) is 15.8. The highest BCUT2D eigenvalue weighted by Crippen LogP contribution is 2.19. The second kappa shape index (κ2) is 8.36. The van der Waals surface area contributed by atoms with Gasteiger partial charge in [0.05, 0.1) is 24.6 Å². The van der Waals surface area contributed by atoms with E-state index in [4.69, 9.17) is 21.1 Å². The van der Waals surface area contributed by atoms with Crippen molar-refractivity contribution >= 4 is 35.4 Å². The molecule has 0 aromatic carbocycles. The van der Waals surface area contributed by atoms with Gasteiger partial charge in [-0.25, -0.2) is 4.98 Å². The molecule has 0 N–H and O–H groups in total. The van der Waals surface area contributed by atoms with Gasteiger partial charge in [-0.3, -0.25) is 14.6 Å². The first kappa shape index (κ1) is 17.1. The lowest BCUT2D eigenvalue weighted by molar-refractivity contribution is -0.157. The lowest BCUT2D eigenvalue weighted by Crippen LogP contribution is -2.29. The molecule has 0 saturated heterocycles. The second-order valence-corrected chi connectivity index (χ2v) is 4.39. The molecule has 1 aromatic heterocycles. The molecular weight excluding hydrogens is 296 g/mol. The number of nitrogens with zero attached hydrogens (tertiary/aromatic N) is 2. The van der Waals surface area contributed by atoms with E-state index in [1.807, 2.05) is 0 Å². The summed E-state index contributed by atoms with van der Waals surface area (Å²) in [5, 5.41) is 0.346. The number of hydrogen-bond acceptors (Lipinski definition) is 6. The molecule has 0 bridgehead atoms. The first-order valence-electron chi connectivity index (χ1n) is 6.50. The van der Waals surface area contributed by atoms with Crippen LogP contribution < -0.4 is 0 Å². The number of aromatic nitrogens is 1. The number of carbonyl (C=O) groups is 2. The molecule has 0 unspecified atom stereocenters. The molecule has 6 nitrogen and oxygen atoms in total. The average molecular weight is 313 g/mol. The van der Waals surface area contributed by atoms with Crippen molar-refractivity contribution in [1.82, 2.24) is 4.98 Å². The standard InChI is InChI=1S/C14H17ClN2O4/c1-4-20-13(18)10(14(19)21-5-2)8-16-11-6-7-12(15)17-9(11)3/h6-8,10H,4-5H2,1-3H3. The minimum atomic E-state index is -1.19. The maximum Gasteiger partial charge on any atom is 0.325 e. The molecule has 0 fully saturated rings. The molecule has 1 aromatic rings. The van der Waals surface area contributed by atoms with E-state index < -0.39 is 17.9 Å². The SMILES string of the molecule is CCOC(=O)C(C=Nc1ccc(Cl)nc1C)C(=O)OCC. The minimum absolute atomic E-state index is 0.171. The van der Waals surface area contributed by atoms with E-state index in [9.17, 15) is 9.59 Å². The van der Waals surface area contributed by atoms with Crippen LogP contribution >= 0.6 is 11.6 Å². The van der Waals surface area contributed by atoms with Crippen molar-refractivity contribution in [3.05, 3.63) is 23.0 Å². The number of esters is 2. The van der Waals surface area contributed by atoms with Gasteiger partial charge in [-0.2, -0.15) is 0 Å². The summed E-state index contributed by atoms with van der Waals surface area (Å²) in [6, 6.07) is 3.22. The number of pyridine rings is 1. The van der Waals surface area contributed by atoms with E-state index in [1.54, 1.807) is 32.9 Å². The topological polar surface area (TPSA) is 77.9 Å². The summed E-state index contributed by atoms with van der Waals surface area (Å²) < 4.78 is 9.68. The van der Waals surface area contributed by atoms with Crippen LogP contribution in [0.5, 0.6) is 0 Å². The first-order valence-corrected chi connectivity index (χ1v) is 6.88. The van der Waals surface area contributed by atoms with E-state index in [2.05, 4.69) is 9.98 Å². The van der Waals surface area contributed by atoms with Crippen LogP contribution in [0.4, 0.5) is 5.69 Å². The average Bonchev–Trinajstić information content (AvgIpc) is 2.41. The molecule has 0 radical (unpaired) electrons. The van der Waals surface area contributed by atoms with Crippen LogP contribution in [-0.2, 0) is 19.1 Å². The largest absolute Gasteiger partial charge is 0.465 e. The highest BCUT2D eigenvalue weighted by molar-refractivity contribution is 6.29. The monoisotopic (exact) mass is 312 g/mol. The van der Waals surface area contributed by atoms with Crippen LogP contribution in [0.15, 0.2) is 17.1 Å². The molecule has 7 heteroatoms. The number of hydrogen-bond donors (Lipinski definition) is 0. The molecule has 0 aliphatic heterocycles. The highest BCUT2D eigenvalue weighted by atomic mass is 35.5. The van der Waals surface area contributed by atoms with Gasteiger partial charge in [0, 0.05) is 6.21 Å². The first-order chi connectivity index (χ1) is 9.99. The van der Waals surface area contributed by atoms with Crippen LogP contribution in [0, 0.1) is 12.8 Å². The Morgan fingerprint density at radius 2 is 1.86 bits per heavy atom. The molecule has 21 heavy (non-hydrogen) atoms. The molecule has 0 spiro atoms. The lowest BCUT2D eigenvalue weighted by atomic mass is 10.1. The van der Waals surface area contributed by atoms with Crippen molar-refractivity contribution in [2.75, 3.05) is 13.2 Å². The fourth-order valence-corrected chi connectivity index (χ4v) is 1.69. The summed E-state index contributed by atoms with van der Waals surface area (Å²) in [6.45, 7) is 5.38. The minimum Gasteiger partial charge on any atom is -0.465 e. The van der Waals surface area contributed by atoms with Crippen LogP contribution in [0.2, 0.25) is 5.15 Å². The summed E-state index contributed by atoms with van der Waals surface area (Å²) in [5.74, 6) is -2.58. The predicted molar refractivity (Wildman–Crippen MR) is 78.9 cm³/mol. The van der Waals surface area contributed by atoms with Gasteiger partial charge in [0.1, 0.15) is 5.15 Å². The fourth-order valence-electron chi connectivity index (χ4n) is 1.50. The maximum absolute atomic E-state index is 11.8. The smallest absolute Gasteiger partial charge is 0.325 e. The summed E-state index contributed by atoms with van der Waals surface area (Å²) in [6.07, 6.45) is 1.20. The molecule has 0 atom stereocenters. The number of ether oxygens (including phenoxy) is 2. The van der Waals surface area contributed by atoms with Gasteiger partial charge in [-0.1, -0.05) is 11.6 Å². The van der Waals surface area contributed by atoms with Crippen LogP contribution in [0.3, 0.4) is 0 Å². The predicted octanol–water partition coefficient (Wildman–Crippen LogP) is 2.49. The molecule has 114 valence electrons. The Kier molecular flexibility index (Phi) is 6.81. The van der Waals surface area contributed by atoms with Crippen LogP contribution in [0.1, 0.15) is 19.5 Å². The number of aryl methyl sites for hydroxylation is 1. The molecule has 0 saturated carbocycles. The zero-order valence-corrected chi connectivity index (χ0v) is 12.9. The zero-order valence-electron chi connectivity index (χ0n) is 12.1.